The third-order valence-corrected chi connectivity index (χ3v) is 4.02. The third-order valence-electron chi connectivity index (χ3n) is 3.69. The molecule has 2 N–H and O–H groups in total. The number of methoxy groups -OCH3 is 1. The summed E-state index contributed by atoms with van der Waals surface area (Å²) >= 11 is 5.30. The van der Waals surface area contributed by atoms with Crippen LogP contribution in [0.15, 0.2) is 47.6 Å². The van der Waals surface area contributed by atoms with Gasteiger partial charge < -0.3 is 15.1 Å². The Labute approximate surface area is 144 Å². The Bertz CT molecular complexity index is 785. The van der Waals surface area contributed by atoms with Crippen LogP contribution in [-0.2, 0) is 6.54 Å². The summed E-state index contributed by atoms with van der Waals surface area (Å²) in [4.78, 5) is 1.29. The van der Waals surface area contributed by atoms with Crippen LogP contribution < -0.4 is 15.5 Å². The molecule has 0 amide bonds. The van der Waals surface area contributed by atoms with Gasteiger partial charge in [-0.1, -0.05) is 18.2 Å². The second-order valence-corrected chi connectivity index (χ2v) is 5.63. The average molecular weight is 343 g/mol. The maximum absolute atomic E-state index is 13.2. The van der Waals surface area contributed by atoms with Crippen LogP contribution in [0.3, 0.4) is 0 Å². The lowest BCUT2D eigenvalue weighted by atomic mass is 9.70. The van der Waals surface area contributed by atoms with Gasteiger partial charge in [0.1, 0.15) is 11.6 Å². The Balaban J connectivity index is 1.66. The highest BCUT2D eigenvalue weighted by Gasteiger charge is 2.31. The number of hydrazone groups is 1. The first-order chi connectivity index (χ1) is 11.6. The van der Waals surface area contributed by atoms with Gasteiger partial charge in [0.15, 0.2) is 5.11 Å². The number of nitrogens with one attached hydrogen (secondary N) is 1. The molecule has 1 aliphatic heterocycles. The fourth-order valence-corrected chi connectivity index (χ4v) is 2.60. The van der Waals surface area contributed by atoms with Gasteiger partial charge in [-0.15, -0.1) is 0 Å². The van der Waals surface area contributed by atoms with E-state index in [-0.39, 0.29) is 10.9 Å². The molecule has 0 saturated heterocycles. The number of fused-ring (bicyclic) bond motifs is 1. The zero-order valence-electron chi connectivity index (χ0n) is 12.9. The van der Waals surface area contributed by atoms with E-state index < -0.39 is 7.05 Å². The van der Waals surface area contributed by atoms with Crippen LogP contribution in [0.2, 0.25) is 0 Å². The van der Waals surface area contributed by atoms with E-state index in [2.05, 4.69) is 10.4 Å². The Morgan fingerprint density at radius 2 is 2.08 bits per heavy atom. The predicted molar refractivity (Wildman–Crippen MR) is 95.9 cm³/mol. The SMILES string of the molecule is COc1ccc(CNC(=S)N2N=Cc3cc(F)ccc3B2O)cc1. The Morgan fingerprint density at radius 1 is 1.33 bits per heavy atom. The standard InChI is InChI=1S/C16H15BFN3O2S/c1-23-14-5-2-11(3-6-14)9-19-16(24)21-17(22)15-7-4-13(18)8-12(15)10-20-21/h2-8,10,22H,9H2,1H3,(H,19,24). The molecule has 2 aromatic carbocycles. The van der Waals surface area contributed by atoms with Crippen LogP contribution in [0.4, 0.5) is 4.39 Å². The highest BCUT2D eigenvalue weighted by molar-refractivity contribution is 7.80. The molecular weight excluding hydrogens is 328 g/mol. The summed E-state index contributed by atoms with van der Waals surface area (Å²) < 4.78 is 18.3. The van der Waals surface area contributed by atoms with Gasteiger partial charge in [0.2, 0.25) is 0 Å². The van der Waals surface area contributed by atoms with E-state index in [1.165, 1.54) is 29.3 Å². The molecule has 0 radical (unpaired) electrons. The Hall–Kier alpha value is -2.45. The van der Waals surface area contributed by atoms with Crippen molar-refractivity contribution in [2.75, 3.05) is 7.11 Å². The highest BCUT2D eigenvalue weighted by atomic mass is 32.1. The molecule has 0 aliphatic carbocycles. The molecule has 0 spiro atoms. The van der Waals surface area contributed by atoms with E-state index in [9.17, 15) is 9.41 Å². The van der Waals surface area contributed by atoms with Crippen molar-refractivity contribution in [3.63, 3.8) is 0 Å². The molecule has 24 heavy (non-hydrogen) atoms. The van der Waals surface area contributed by atoms with Crippen LogP contribution >= 0.6 is 12.2 Å². The normalized spacial score (nSPS) is 12.8. The Kier molecular flexibility index (Phi) is 4.77. The predicted octanol–water partition coefficient (Wildman–Crippen LogP) is 1.25. The lowest BCUT2D eigenvalue weighted by Gasteiger charge is -2.27. The first-order valence-electron chi connectivity index (χ1n) is 7.30. The number of hydrogen-bond acceptors (Lipinski definition) is 4. The number of thiocarbonyl (C=S) groups is 1. The van der Waals surface area contributed by atoms with Gasteiger partial charge in [0.05, 0.1) is 13.3 Å². The van der Waals surface area contributed by atoms with Crippen LogP contribution in [-0.4, -0.2) is 35.4 Å². The minimum Gasteiger partial charge on any atom is -0.497 e. The van der Waals surface area contributed by atoms with Crippen molar-refractivity contribution in [1.82, 2.24) is 10.2 Å². The molecule has 0 aromatic heterocycles. The number of hydrogen-bond donors (Lipinski definition) is 2. The van der Waals surface area contributed by atoms with Crippen LogP contribution in [0.5, 0.6) is 5.75 Å². The fraction of sp³-hybridized carbons (Fsp3) is 0.125. The monoisotopic (exact) mass is 343 g/mol. The summed E-state index contributed by atoms with van der Waals surface area (Å²) in [6.07, 6.45) is 1.48. The van der Waals surface area contributed by atoms with E-state index in [1.54, 1.807) is 7.11 Å². The van der Waals surface area contributed by atoms with E-state index in [1.807, 2.05) is 24.3 Å². The number of ether oxygens (including phenoxy) is 1. The summed E-state index contributed by atoms with van der Waals surface area (Å²) in [6.45, 7) is 0.484. The molecule has 0 atom stereocenters. The van der Waals surface area contributed by atoms with Gasteiger partial charge >= 0.3 is 7.05 Å². The molecule has 3 rings (SSSR count). The minimum absolute atomic E-state index is 0.282. The number of halogens is 1. The van der Waals surface area contributed by atoms with Crippen LogP contribution in [0, 0.1) is 5.82 Å². The van der Waals surface area contributed by atoms with Gasteiger partial charge in [-0.25, -0.2) is 4.39 Å². The average Bonchev–Trinajstić information content (AvgIpc) is 2.60. The molecule has 1 aliphatic rings. The lowest BCUT2D eigenvalue weighted by Crippen LogP contribution is -2.55. The van der Waals surface area contributed by atoms with E-state index in [0.29, 0.717) is 17.6 Å². The summed E-state index contributed by atoms with van der Waals surface area (Å²) in [7, 11) is 0.559. The van der Waals surface area contributed by atoms with Crippen molar-refractivity contribution in [3.05, 3.63) is 59.4 Å². The number of rotatable bonds is 3. The van der Waals surface area contributed by atoms with Crippen molar-refractivity contribution >= 4 is 36.1 Å². The molecule has 5 nitrogen and oxygen atoms in total. The van der Waals surface area contributed by atoms with Crippen molar-refractivity contribution < 1.29 is 14.2 Å². The molecule has 0 unspecified atom stereocenters. The quantitative estimate of drug-likeness (QED) is 0.649. The largest absolute Gasteiger partial charge is 0.497 e. The number of nitrogens with zero attached hydrogens (tertiary/aromatic N) is 2. The second-order valence-electron chi connectivity index (χ2n) is 5.24. The summed E-state index contributed by atoms with van der Waals surface area (Å²) in [5.74, 6) is 0.405. The van der Waals surface area contributed by atoms with E-state index >= 15 is 0 Å². The van der Waals surface area contributed by atoms with Gasteiger partial charge in [-0.2, -0.15) is 5.10 Å². The molecule has 2 aromatic rings. The maximum atomic E-state index is 13.2. The molecule has 0 fully saturated rings. The first-order valence-corrected chi connectivity index (χ1v) is 7.71. The molecule has 0 saturated carbocycles. The highest BCUT2D eigenvalue weighted by Crippen LogP contribution is 2.12. The molecule has 1 heterocycles. The van der Waals surface area contributed by atoms with Gasteiger partial charge in [0, 0.05) is 6.54 Å². The Morgan fingerprint density at radius 3 is 2.79 bits per heavy atom. The number of benzene rings is 2. The van der Waals surface area contributed by atoms with Gasteiger partial charge in [0.25, 0.3) is 0 Å². The summed E-state index contributed by atoms with van der Waals surface area (Å²) in [6, 6.07) is 11.7. The van der Waals surface area contributed by atoms with E-state index in [4.69, 9.17) is 17.0 Å². The zero-order chi connectivity index (χ0) is 17.1. The topological polar surface area (TPSA) is 57.1 Å². The molecule has 122 valence electrons. The van der Waals surface area contributed by atoms with Crippen molar-refractivity contribution in [2.24, 2.45) is 5.10 Å². The maximum Gasteiger partial charge on any atom is 0.473 e. The molecule has 8 heteroatoms. The van der Waals surface area contributed by atoms with Crippen LogP contribution in [0.25, 0.3) is 0 Å². The van der Waals surface area contributed by atoms with Crippen molar-refractivity contribution in [2.45, 2.75) is 6.54 Å². The fourth-order valence-electron chi connectivity index (χ4n) is 2.38. The van der Waals surface area contributed by atoms with Gasteiger partial charge in [-0.3, -0.25) is 4.92 Å². The smallest absolute Gasteiger partial charge is 0.473 e. The van der Waals surface area contributed by atoms with Crippen molar-refractivity contribution in [1.29, 1.82) is 0 Å². The van der Waals surface area contributed by atoms with Crippen molar-refractivity contribution in [3.8, 4) is 5.75 Å². The van der Waals surface area contributed by atoms with E-state index in [0.717, 1.165) is 11.3 Å². The third kappa shape index (κ3) is 3.39. The summed E-state index contributed by atoms with van der Waals surface area (Å²) in [5.41, 5.74) is 2.10. The second kappa shape index (κ2) is 6.98. The first kappa shape index (κ1) is 16.4. The van der Waals surface area contributed by atoms with Crippen LogP contribution in [0.1, 0.15) is 11.1 Å². The minimum atomic E-state index is -1.05. The molecular formula is C16H15BFN3O2S. The zero-order valence-corrected chi connectivity index (χ0v) is 13.8. The summed E-state index contributed by atoms with van der Waals surface area (Å²) in [5, 5.41) is 17.8. The molecule has 0 bridgehead atoms. The lowest BCUT2D eigenvalue weighted by molar-refractivity contribution is 0.414. The van der Waals surface area contributed by atoms with Gasteiger partial charge in [-0.05, 0) is 53.1 Å².